The lowest BCUT2D eigenvalue weighted by Gasteiger charge is -2.16. The highest BCUT2D eigenvalue weighted by molar-refractivity contribution is 5.77. The molecule has 0 fully saturated rings. The lowest BCUT2D eigenvalue weighted by Crippen LogP contribution is -2.07. The minimum atomic E-state index is 0.480. The molecule has 0 radical (unpaired) electrons. The summed E-state index contributed by atoms with van der Waals surface area (Å²) in [6, 6.07) is 2.43. The van der Waals surface area contributed by atoms with Crippen LogP contribution in [0.5, 0.6) is 0 Å². The fourth-order valence-corrected chi connectivity index (χ4v) is 1.78. The fourth-order valence-electron chi connectivity index (χ4n) is 1.78. The zero-order valence-electron chi connectivity index (χ0n) is 8.79. The molecule has 1 aromatic rings. The minimum absolute atomic E-state index is 0.480. The van der Waals surface area contributed by atoms with Gasteiger partial charge in [0.2, 0.25) is 0 Å². The van der Waals surface area contributed by atoms with Crippen molar-refractivity contribution >= 4 is 6.29 Å². The molecule has 0 aliphatic heterocycles. The van der Waals surface area contributed by atoms with Crippen LogP contribution in [-0.2, 0) is 0 Å². The normalized spacial score (nSPS) is 12.9. The Balaban J connectivity index is 3.19. The number of rotatable bonds is 3. The zero-order valence-corrected chi connectivity index (χ0v) is 8.79. The van der Waals surface area contributed by atoms with Crippen LogP contribution in [0, 0.1) is 13.8 Å². The Hall–Kier alpha value is -1.05. The van der Waals surface area contributed by atoms with Gasteiger partial charge in [-0.25, -0.2) is 0 Å². The maximum Gasteiger partial charge on any atom is 0.151 e. The first-order valence-corrected chi connectivity index (χ1v) is 4.75. The number of carbonyl (C=O) groups excluding carboxylic acids is 1. The topological polar surface area (TPSA) is 22.0 Å². The summed E-state index contributed by atoms with van der Waals surface area (Å²) in [5, 5.41) is 0. The van der Waals surface area contributed by atoms with Gasteiger partial charge in [-0.3, -0.25) is 4.79 Å². The summed E-state index contributed by atoms with van der Waals surface area (Å²) in [6.07, 6.45) is 2.02. The molecule has 0 aliphatic carbocycles. The van der Waals surface area contributed by atoms with Gasteiger partial charge in [0.05, 0.1) is 0 Å². The van der Waals surface area contributed by atoms with E-state index >= 15 is 0 Å². The van der Waals surface area contributed by atoms with Crippen molar-refractivity contribution in [2.45, 2.75) is 40.2 Å². The summed E-state index contributed by atoms with van der Waals surface area (Å²) in [4.78, 5) is 10.7. The zero-order chi connectivity index (χ0) is 10.0. The van der Waals surface area contributed by atoms with Crippen LogP contribution < -0.4 is 0 Å². The minimum Gasteiger partial charge on any atom is -0.346 e. The van der Waals surface area contributed by atoms with E-state index < -0.39 is 0 Å². The van der Waals surface area contributed by atoms with Gasteiger partial charge in [-0.15, -0.1) is 0 Å². The van der Waals surface area contributed by atoms with Gasteiger partial charge in [0.15, 0.2) is 6.29 Å². The quantitative estimate of drug-likeness (QED) is 0.654. The molecule has 0 spiro atoms. The highest BCUT2D eigenvalue weighted by Gasteiger charge is 2.11. The van der Waals surface area contributed by atoms with Crippen molar-refractivity contribution in [2.24, 2.45) is 0 Å². The molecule has 0 saturated heterocycles. The molecular formula is C11H17NO. The molecular weight excluding hydrogens is 162 g/mol. The lowest BCUT2D eigenvalue weighted by molar-refractivity contribution is 0.112. The Morgan fingerprint density at radius 2 is 2.15 bits per heavy atom. The van der Waals surface area contributed by atoms with Crippen molar-refractivity contribution in [3.8, 4) is 0 Å². The van der Waals surface area contributed by atoms with Crippen LogP contribution in [0.25, 0.3) is 0 Å². The molecule has 13 heavy (non-hydrogen) atoms. The summed E-state index contributed by atoms with van der Waals surface area (Å²) in [7, 11) is 0. The average Bonchev–Trinajstić information content (AvgIpc) is 2.40. The molecule has 72 valence electrons. The first-order chi connectivity index (χ1) is 6.11. The summed E-state index contributed by atoms with van der Waals surface area (Å²) in [6.45, 7) is 8.38. The van der Waals surface area contributed by atoms with Crippen molar-refractivity contribution in [1.82, 2.24) is 4.57 Å². The predicted molar refractivity (Wildman–Crippen MR) is 54.3 cm³/mol. The maximum absolute atomic E-state index is 10.7. The highest BCUT2D eigenvalue weighted by atomic mass is 16.1. The molecule has 1 aromatic heterocycles. The van der Waals surface area contributed by atoms with Crippen molar-refractivity contribution in [1.29, 1.82) is 0 Å². The third-order valence-electron chi connectivity index (χ3n) is 2.68. The second-order valence-electron chi connectivity index (χ2n) is 3.57. The van der Waals surface area contributed by atoms with E-state index in [0.29, 0.717) is 6.04 Å². The van der Waals surface area contributed by atoms with Gasteiger partial charge in [0.25, 0.3) is 0 Å². The van der Waals surface area contributed by atoms with Crippen molar-refractivity contribution in [3.63, 3.8) is 0 Å². The third-order valence-corrected chi connectivity index (χ3v) is 2.68. The number of aldehydes is 1. The predicted octanol–water partition coefficient (Wildman–Crippen LogP) is 2.89. The van der Waals surface area contributed by atoms with E-state index in [-0.39, 0.29) is 0 Å². The van der Waals surface area contributed by atoms with Gasteiger partial charge < -0.3 is 4.57 Å². The monoisotopic (exact) mass is 179 g/mol. The average molecular weight is 179 g/mol. The molecule has 0 bridgehead atoms. The Kier molecular flexibility index (Phi) is 2.91. The number of aromatic nitrogens is 1. The smallest absolute Gasteiger partial charge is 0.151 e. The van der Waals surface area contributed by atoms with Gasteiger partial charge in [0.1, 0.15) is 0 Å². The third kappa shape index (κ3) is 1.67. The van der Waals surface area contributed by atoms with Crippen molar-refractivity contribution in [2.75, 3.05) is 0 Å². The molecule has 0 aromatic carbocycles. The van der Waals surface area contributed by atoms with E-state index in [1.807, 2.05) is 19.9 Å². The second kappa shape index (κ2) is 3.77. The second-order valence-corrected chi connectivity index (χ2v) is 3.57. The Morgan fingerprint density at radius 3 is 2.54 bits per heavy atom. The Bertz CT molecular complexity index is 312. The Morgan fingerprint density at radius 1 is 1.54 bits per heavy atom. The van der Waals surface area contributed by atoms with E-state index in [1.165, 1.54) is 5.69 Å². The SMILES string of the molecule is CC[C@H](C)n1c(C)cc(C=O)c1C. The summed E-state index contributed by atoms with van der Waals surface area (Å²) in [5.74, 6) is 0. The summed E-state index contributed by atoms with van der Waals surface area (Å²) < 4.78 is 2.23. The molecule has 0 aliphatic rings. The van der Waals surface area contributed by atoms with Gasteiger partial charge >= 0.3 is 0 Å². The molecule has 1 rings (SSSR count). The standard InChI is InChI=1S/C11H17NO/c1-5-8(2)12-9(3)6-11(7-13)10(12)4/h6-8H,5H2,1-4H3/t8-/m0/s1. The van der Waals surface area contributed by atoms with Crippen molar-refractivity contribution in [3.05, 3.63) is 23.0 Å². The van der Waals surface area contributed by atoms with Gasteiger partial charge in [-0.05, 0) is 33.3 Å². The molecule has 0 saturated carbocycles. The van der Waals surface area contributed by atoms with E-state index in [9.17, 15) is 4.79 Å². The van der Waals surface area contributed by atoms with Gasteiger partial charge in [0, 0.05) is 23.0 Å². The number of aryl methyl sites for hydroxylation is 1. The van der Waals surface area contributed by atoms with Crippen LogP contribution in [0.15, 0.2) is 6.07 Å². The number of nitrogens with zero attached hydrogens (tertiary/aromatic N) is 1. The Labute approximate surface area is 79.6 Å². The van der Waals surface area contributed by atoms with E-state index in [0.717, 1.165) is 24.0 Å². The first-order valence-electron chi connectivity index (χ1n) is 4.75. The fraction of sp³-hybridized carbons (Fsp3) is 0.545. The van der Waals surface area contributed by atoms with E-state index in [2.05, 4.69) is 18.4 Å². The first kappa shape index (κ1) is 10.0. The van der Waals surface area contributed by atoms with Crippen LogP contribution in [0.1, 0.15) is 48.1 Å². The van der Waals surface area contributed by atoms with Crippen LogP contribution in [0.2, 0.25) is 0 Å². The number of hydrogen-bond acceptors (Lipinski definition) is 1. The summed E-state index contributed by atoms with van der Waals surface area (Å²) >= 11 is 0. The summed E-state index contributed by atoms with van der Waals surface area (Å²) in [5.41, 5.74) is 3.08. The molecule has 0 unspecified atom stereocenters. The van der Waals surface area contributed by atoms with Crippen LogP contribution in [0.4, 0.5) is 0 Å². The lowest BCUT2D eigenvalue weighted by atomic mass is 10.2. The number of carbonyl (C=O) groups is 1. The molecule has 1 atom stereocenters. The van der Waals surface area contributed by atoms with Gasteiger partial charge in [-0.1, -0.05) is 6.92 Å². The van der Waals surface area contributed by atoms with Crippen LogP contribution in [-0.4, -0.2) is 10.9 Å². The van der Waals surface area contributed by atoms with Gasteiger partial charge in [-0.2, -0.15) is 0 Å². The molecule has 1 heterocycles. The van der Waals surface area contributed by atoms with Crippen molar-refractivity contribution < 1.29 is 4.79 Å². The highest BCUT2D eigenvalue weighted by Crippen LogP contribution is 2.20. The molecule has 2 nitrogen and oxygen atoms in total. The van der Waals surface area contributed by atoms with E-state index in [1.54, 1.807) is 0 Å². The van der Waals surface area contributed by atoms with E-state index in [4.69, 9.17) is 0 Å². The molecule has 2 heteroatoms. The molecule has 0 amide bonds. The largest absolute Gasteiger partial charge is 0.346 e. The number of hydrogen-bond donors (Lipinski definition) is 0. The molecule has 0 N–H and O–H groups in total. The maximum atomic E-state index is 10.7. The van der Waals surface area contributed by atoms with Crippen LogP contribution in [0.3, 0.4) is 0 Å². The van der Waals surface area contributed by atoms with Crippen LogP contribution >= 0.6 is 0 Å².